The Hall–Kier alpha value is -0.0800. The third kappa shape index (κ3) is 3.76. The van der Waals surface area contributed by atoms with E-state index >= 15 is 0 Å². The topological polar surface area (TPSA) is 40.5 Å². The Kier molecular flexibility index (Phi) is 4.60. The van der Waals surface area contributed by atoms with Gasteiger partial charge < -0.3 is 10.2 Å². The van der Waals surface area contributed by atoms with E-state index in [1.165, 1.54) is 0 Å². The molecule has 90 valence electrons. The molecule has 3 atom stereocenters. The highest BCUT2D eigenvalue weighted by Gasteiger charge is 2.34. The van der Waals surface area contributed by atoms with Crippen molar-refractivity contribution in [3.05, 3.63) is 0 Å². The zero-order valence-corrected chi connectivity index (χ0v) is 10.4. The molecule has 3 unspecified atom stereocenters. The highest BCUT2D eigenvalue weighted by molar-refractivity contribution is 4.85. The zero-order chi connectivity index (χ0) is 11.5. The second-order valence-electron chi connectivity index (χ2n) is 6.07. The molecule has 2 nitrogen and oxygen atoms in total. The lowest BCUT2D eigenvalue weighted by molar-refractivity contribution is 0.0134. The van der Waals surface area contributed by atoms with Crippen LogP contribution < -0.4 is 0 Å². The van der Waals surface area contributed by atoms with Crippen molar-refractivity contribution in [1.29, 1.82) is 0 Å². The molecule has 1 rings (SSSR count). The molecule has 0 radical (unpaired) electrons. The first-order valence-corrected chi connectivity index (χ1v) is 6.24. The quantitative estimate of drug-likeness (QED) is 0.758. The van der Waals surface area contributed by atoms with Crippen molar-refractivity contribution in [3.8, 4) is 0 Å². The van der Waals surface area contributed by atoms with Gasteiger partial charge in [0.2, 0.25) is 0 Å². The van der Waals surface area contributed by atoms with Gasteiger partial charge in [-0.1, -0.05) is 20.8 Å². The van der Waals surface area contributed by atoms with Gasteiger partial charge in [0.05, 0.1) is 6.10 Å². The minimum atomic E-state index is -0.129. The van der Waals surface area contributed by atoms with E-state index in [4.69, 9.17) is 5.11 Å². The molecule has 2 heteroatoms. The van der Waals surface area contributed by atoms with Gasteiger partial charge in [-0.05, 0) is 49.4 Å². The fourth-order valence-corrected chi connectivity index (χ4v) is 2.70. The first-order valence-electron chi connectivity index (χ1n) is 6.24. The maximum absolute atomic E-state index is 9.90. The third-order valence-electron chi connectivity index (χ3n) is 3.90. The molecule has 0 aromatic rings. The summed E-state index contributed by atoms with van der Waals surface area (Å²) in [7, 11) is 0. The Balaban J connectivity index is 2.48. The van der Waals surface area contributed by atoms with Gasteiger partial charge in [-0.15, -0.1) is 0 Å². The van der Waals surface area contributed by atoms with Crippen LogP contribution in [0.25, 0.3) is 0 Å². The molecule has 2 N–H and O–H groups in total. The predicted molar refractivity (Wildman–Crippen MR) is 62.6 cm³/mol. The van der Waals surface area contributed by atoms with Crippen LogP contribution in [0.15, 0.2) is 0 Å². The molecular formula is C13H26O2. The molecule has 0 amide bonds. The summed E-state index contributed by atoms with van der Waals surface area (Å²) >= 11 is 0. The van der Waals surface area contributed by atoms with E-state index < -0.39 is 0 Å². The van der Waals surface area contributed by atoms with Gasteiger partial charge in [0.15, 0.2) is 0 Å². The van der Waals surface area contributed by atoms with E-state index in [0.29, 0.717) is 11.3 Å². The van der Waals surface area contributed by atoms with Gasteiger partial charge in [0.25, 0.3) is 0 Å². The smallest absolute Gasteiger partial charge is 0.0568 e. The standard InChI is InChI=1S/C13H26O2/c1-13(2,3)11-6-7-12(15)10(9-11)5-4-8-14/h10-12,14-15H,4-9H2,1-3H3. The van der Waals surface area contributed by atoms with Crippen molar-refractivity contribution in [1.82, 2.24) is 0 Å². The molecule has 0 spiro atoms. The molecular weight excluding hydrogens is 188 g/mol. The minimum Gasteiger partial charge on any atom is -0.396 e. The molecule has 1 aliphatic rings. The maximum Gasteiger partial charge on any atom is 0.0568 e. The van der Waals surface area contributed by atoms with Gasteiger partial charge in [0.1, 0.15) is 0 Å². The largest absolute Gasteiger partial charge is 0.396 e. The highest BCUT2D eigenvalue weighted by atomic mass is 16.3. The van der Waals surface area contributed by atoms with E-state index in [9.17, 15) is 5.11 Å². The SMILES string of the molecule is CC(C)(C)C1CCC(O)C(CCCO)C1. The second-order valence-corrected chi connectivity index (χ2v) is 6.07. The summed E-state index contributed by atoms with van der Waals surface area (Å²) in [6, 6.07) is 0. The van der Waals surface area contributed by atoms with Crippen LogP contribution >= 0.6 is 0 Å². The van der Waals surface area contributed by atoms with Crippen LogP contribution in [0, 0.1) is 17.3 Å². The van der Waals surface area contributed by atoms with E-state index in [1.807, 2.05) is 0 Å². The monoisotopic (exact) mass is 214 g/mol. The average molecular weight is 214 g/mol. The first-order chi connectivity index (χ1) is 6.95. The van der Waals surface area contributed by atoms with Gasteiger partial charge in [-0.3, -0.25) is 0 Å². The van der Waals surface area contributed by atoms with Crippen molar-refractivity contribution < 1.29 is 10.2 Å². The third-order valence-corrected chi connectivity index (χ3v) is 3.90. The van der Waals surface area contributed by atoms with Crippen molar-refractivity contribution in [3.63, 3.8) is 0 Å². The maximum atomic E-state index is 9.90. The Morgan fingerprint density at radius 3 is 2.40 bits per heavy atom. The Morgan fingerprint density at radius 1 is 1.20 bits per heavy atom. The van der Waals surface area contributed by atoms with E-state index in [1.54, 1.807) is 0 Å². The summed E-state index contributed by atoms with van der Waals surface area (Å²) in [6.07, 6.45) is 4.90. The summed E-state index contributed by atoms with van der Waals surface area (Å²) < 4.78 is 0. The molecule has 1 fully saturated rings. The molecule has 0 heterocycles. The van der Waals surface area contributed by atoms with Crippen LogP contribution in [-0.2, 0) is 0 Å². The molecule has 15 heavy (non-hydrogen) atoms. The van der Waals surface area contributed by atoms with Crippen LogP contribution in [0.5, 0.6) is 0 Å². The molecule has 0 aromatic heterocycles. The number of hydrogen-bond donors (Lipinski definition) is 2. The predicted octanol–water partition coefficient (Wildman–Crippen LogP) is 2.58. The first kappa shape index (κ1) is 13.0. The van der Waals surface area contributed by atoms with Crippen LogP contribution in [0.4, 0.5) is 0 Å². The number of rotatable bonds is 3. The van der Waals surface area contributed by atoms with Gasteiger partial charge >= 0.3 is 0 Å². The highest BCUT2D eigenvalue weighted by Crippen LogP contribution is 2.41. The normalized spacial score (nSPS) is 33.0. The summed E-state index contributed by atoms with van der Waals surface area (Å²) in [5.41, 5.74) is 0.359. The fourth-order valence-electron chi connectivity index (χ4n) is 2.70. The molecule has 0 aliphatic heterocycles. The fraction of sp³-hybridized carbons (Fsp3) is 1.00. The van der Waals surface area contributed by atoms with Crippen LogP contribution in [0.2, 0.25) is 0 Å². The summed E-state index contributed by atoms with van der Waals surface area (Å²) in [6.45, 7) is 7.12. The van der Waals surface area contributed by atoms with Gasteiger partial charge in [0, 0.05) is 6.61 Å². The molecule has 0 saturated heterocycles. The lowest BCUT2D eigenvalue weighted by Crippen LogP contribution is -2.34. The van der Waals surface area contributed by atoms with E-state index in [2.05, 4.69) is 20.8 Å². The van der Waals surface area contributed by atoms with E-state index in [0.717, 1.165) is 38.0 Å². The number of hydrogen-bond acceptors (Lipinski definition) is 2. The van der Waals surface area contributed by atoms with Gasteiger partial charge in [-0.2, -0.15) is 0 Å². The van der Waals surface area contributed by atoms with Crippen molar-refractivity contribution in [2.24, 2.45) is 17.3 Å². The van der Waals surface area contributed by atoms with Crippen LogP contribution in [-0.4, -0.2) is 22.9 Å². The summed E-state index contributed by atoms with van der Waals surface area (Å²) in [4.78, 5) is 0. The van der Waals surface area contributed by atoms with Crippen LogP contribution in [0.3, 0.4) is 0 Å². The summed E-state index contributed by atoms with van der Waals surface area (Å²) in [5.74, 6) is 1.14. The van der Waals surface area contributed by atoms with Crippen molar-refractivity contribution >= 4 is 0 Å². The molecule has 0 bridgehead atoms. The zero-order valence-electron chi connectivity index (χ0n) is 10.4. The molecule has 1 aliphatic carbocycles. The number of aliphatic hydroxyl groups excluding tert-OH is 2. The molecule has 0 aromatic carbocycles. The van der Waals surface area contributed by atoms with Crippen LogP contribution in [0.1, 0.15) is 52.9 Å². The summed E-state index contributed by atoms with van der Waals surface area (Å²) in [5, 5.41) is 18.7. The lowest BCUT2D eigenvalue weighted by Gasteiger charge is -2.40. The Bertz CT molecular complexity index is 183. The minimum absolute atomic E-state index is 0.129. The average Bonchev–Trinajstić information content (AvgIpc) is 2.15. The lowest BCUT2D eigenvalue weighted by atomic mass is 9.67. The Labute approximate surface area is 93.7 Å². The molecule has 1 saturated carbocycles. The van der Waals surface area contributed by atoms with E-state index in [-0.39, 0.29) is 12.7 Å². The Morgan fingerprint density at radius 2 is 1.87 bits per heavy atom. The number of aliphatic hydroxyl groups is 2. The van der Waals surface area contributed by atoms with Crippen molar-refractivity contribution in [2.75, 3.05) is 6.61 Å². The second kappa shape index (κ2) is 5.31. The van der Waals surface area contributed by atoms with Crippen molar-refractivity contribution in [2.45, 2.75) is 59.0 Å². The van der Waals surface area contributed by atoms with Gasteiger partial charge in [-0.25, -0.2) is 0 Å².